The van der Waals surface area contributed by atoms with Crippen LogP contribution >= 0.6 is 11.8 Å². The maximum atomic E-state index is 12.6. The number of hydrogen-bond acceptors (Lipinski definition) is 5. The minimum absolute atomic E-state index is 0.0294. The van der Waals surface area contributed by atoms with Crippen LogP contribution in [0.3, 0.4) is 0 Å². The molecule has 4 rings (SSSR count). The fourth-order valence-electron chi connectivity index (χ4n) is 3.88. The van der Waals surface area contributed by atoms with Crippen LogP contribution in [0.1, 0.15) is 56.0 Å². The fourth-order valence-corrected chi connectivity index (χ4v) is 4.80. The zero-order chi connectivity index (χ0) is 18.6. The summed E-state index contributed by atoms with van der Waals surface area (Å²) in [5.41, 5.74) is 2.07. The third-order valence-corrected chi connectivity index (χ3v) is 6.22. The van der Waals surface area contributed by atoms with Gasteiger partial charge in [0, 0.05) is 12.5 Å². The molecule has 0 bridgehead atoms. The molecule has 27 heavy (non-hydrogen) atoms. The van der Waals surface area contributed by atoms with E-state index >= 15 is 0 Å². The van der Waals surface area contributed by atoms with Crippen molar-refractivity contribution in [3.63, 3.8) is 0 Å². The van der Waals surface area contributed by atoms with E-state index in [1.807, 2.05) is 37.3 Å². The van der Waals surface area contributed by atoms with Gasteiger partial charge in [-0.05, 0) is 25.3 Å². The fraction of sp³-hybridized carbons (Fsp3) is 0.500. The van der Waals surface area contributed by atoms with E-state index in [1.54, 1.807) is 5.01 Å². The molecule has 1 amide bonds. The molecule has 0 unspecified atom stereocenters. The number of hydrogen-bond donors (Lipinski definition) is 0. The number of thioether (sulfide) groups is 1. The Morgan fingerprint density at radius 1 is 1.15 bits per heavy atom. The Balaban J connectivity index is 1.40. The smallest absolute Gasteiger partial charge is 0.253 e. The molecule has 1 aliphatic carbocycles. The molecule has 0 saturated heterocycles. The lowest BCUT2D eigenvalue weighted by molar-refractivity contribution is -0.127. The first kappa shape index (κ1) is 18.2. The molecule has 142 valence electrons. The molecule has 1 aromatic heterocycles. The molecular weight excluding hydrogens is 358 g/mol. The van der Waals surface area contributed by atoms with Gasteiger partial charge in [0.2, 0.25) is 0 Å². The summed E-state index contributed by atoms with van der Waals surface area (Å²) in [5.74, 6) is 1.32. The highest BCUT2D eigenvalue weighted by Crippen LogP contribution is 2.32. The molecule has 6 nitrogen and oxygen atoms in total. The van der Waals surface area contributed by atoms with E-state index in [1.165, 1.54) is 43.9 Å². The monoisotopic (exact) mass is 383 g/mol. The lowest BCUT2D eigenvalue weighted by Gasteiger charge is -2.25. The Hall–Kier alpha value is -2.15. The largest absolute Gasteiger partial charge is 0.303 e. The highest BCUT2D eigenvalue weighted by Gasteiger charge is 2.24. The minimum atomic E-state index is 0.0294. The van der Waals surface area contributed by atoms with Crippen LogP contribution in [-0.2, 0) is 4.79 Å². The van der Waals surface area contributed by atoms with Crippen molar-refractivity contribution < 1.29 is 4.79 Å². The Bertz CT molecular complexity index is 826. The van der Waals surface area contributed by atoms with E-state index in [2.05, 4.69) is 19.9 Å². The Morgan fingerprint density at radius 2 is 1.93 bits per heavy atom. The number of benzene rings is 1. The molecule has 7 heteroatoms. The number of hydrazone groups is 1. The van der Waals surface area contributed by atoms with E-state index in [-0.39, 0.29) is 5.91 Å². The van der Waals surface area contributed by atoms with Crippen molar-refractivity contribution in [3.05, 3.63) is 41.7 Å². The van der Waals surface area contributed by atoms with Crippen molar-refractivity contribution in [1.29, 1.82) is 0 Å². The number of aryl methyl sites for hydroxylation is 1. The van der Waals surface area contributed by atoms with Crippen molar-refractivity contribution in [2.45, 2.75) is 56.6 Å². The van der Waals surface area contributed by atoms with Gasteiger partial charge in [0.25, 0.3) is 5.91 Å². The van der Waals surface area contributed by atoms with Crippen molar-refractivity contribution in [1.82, 2.24) is 19.8 Å². The van der Waals surface area contributed by atoms with Gasteiger partial charge in [-0.1, -0.05) is 61.4 Å². The van der Waals surface area contributed by atoms with E-state index < -0.39 is 0 Å². The lowest BCUT2D eigenvalue weighted by atomic mass is 9.95. The zero-order valence-corrected chi connectivity index (χ0v) is 16.5. The Morgan fingerprint density at radius 3 is 2.70 bits per heavy atom. The standard InChI is InChI=1S/C20H25N5OS/c1-15-21-22-20(25(15)17-10-6-3-7-11-17)27-14-19(26)24-13-12-18(23-24)16-8-4-2-5-9-16/h2,4-5,8-9,17H,3,6-7,10-14H2,1H3. The normalized spacial score (nSPS) is 18.0. The van der Waals surface area contributed by atoms with Crippen molar-refractivity contribution in [2.75, 3.05) is 12.3 Å². The number of aromatic nitrogens is 3. The van der Waals surface area contributed by atoms with Crippen LogP contribution in [0, 0.1) is 6.92 Å². The number of carbonyl (C=O) groups is 1. The zero-order valence-electron chi connectivity index (χ0n) is 15.7. The predicted molar refractivity (Wildman–Crippen MR) is 107 cm³/mol. The van der Waals surface area contributed by atoms with E-state index in [0.29, 0.717) is 18.3 Å². The van der Waals surface area contributed by atoms with Gasteiger partial charge in [-0.15, -0.1) is 10.2 Å². The first-order chi connectivity index (χ1) is 13.2. The quantitative estimate of drug-likeness (QED) is 0.736. The Labute approximate surface area is 164 Å². The predicted octanol–water partition coefficient (Wildman–Crippen LogP) is 3.82. The summed E-state index contributed by atoms with van der Waals surface area (Å²) < 4.78 is 2.24. The molecule has 0 atom stereocenters. The van der Waals surface area contributed by atoms with Crippen LogP contribution in [0.15, 0.2) is 40.6 Å². The summed E-state index contributed by atoms with van der Waals surface area (Å²) in [7, 11) is 0. The summed E-state index contributed by atoms with van der Waals surface area (Å²) in [5, 5.41) is 15.6. The van der Waals surface area contributed by atoms with Crippen LogP contribution in [-0.4, -0.2) is 43.7 Å². The Kier molecular flexibility index (Phi) is 5.57. The van der Waals surface area contributed by atoms with Crippen LogP contribution in [0.4, 0.5) is 0 Å². The second-order valence-electron chi connectivity index (χ2n) is 7.16. The van der Waals surface area contributed by atoms with Crippen LogP contribution < -0.4 is 0 Å². The number of rotatable bonds is 5. The van der Waals surface area contributed by atoms with E-state index in [9.17, 15) is 4.79 Å². The molecular formula is C20H25N5OS. The van der Waals surface area contributed by atoms with Gasteiger partial charge in [0.05, 0.1) is 18.0 Å². The highest BCUT2D eigenvalue weighted by atomic mass is 32.2. The molecule has 2 heterocycles. The highest BCUT2D eigenvalue weighted by molar-refractivity contribution is 7.99. The van der Waals surface area contributed by atoms with Gasteiger partial charge in [0.15, 0.2) is 5.16 Å². The molecule has 2 aromatic rings. The second-order valence-corrected chi connectivity index (χ2v) is 8.10. The van der Waals surface area contributed by atoms with Crippen molar-refractivity contribution in [2.24, 2.45) is 5.10 Å². The lowest BCUT2D eigenvalue weighted by Crippen LogP contribution is -2.25. The third-order valence-electron chi connectivity index (χ3n) is 5.30. The number of amides is 1. The first-order valence-corrected chi connectivity index (χ1v) is 10.7. The molecule has 1 saturated carbocycles. The minimum Gasteiger partial charge on any atom is -0.303 e. The molecule has 1 aromatic carbocycles. The first-order valence-electron chi connectivity index (χ1n) is 9.70. The maximum absolute atomic E-state index is 12.6. The molecule has 0 spiro atoms. The van der Waals surface area contributed by atoms with Gasteiger partial charge in [-0.2, -0.15) is 5.10 Å². The molecule has 1 fully saturated rings. The topological polar surface area (TPSA) is 63.4 Å². The summed E-state index contributed by atoms with van der Waals surface area (Å²) in [6, 6.07) is 10.5. The second kappa shape index (κ2) is 8.25. The van der Waals surface area contributed by atoms with Gasteiger partial charge >= 0.3 is 0 Å². The van der Waals surface area contributed by atoms with E-state index in [0.717, 1.165) is 28.7 Å². The van der Waals surface area contributed by atoms with Crippen LogP contribution in [0.25, 0.3) is 0 Å². The number of nitrogens with zero attached hydrogens (tertiary/aromatic N) is 5. The SMILES string of the molecule is Cc1nnc(SCC(=O)N2CCC(c3ccccc3)=N2)n1C1CCCCC1. The summed E-state index contributed by atoms with van der Waals surface area (Å²) in [6.07, 6.45) is 6.99. The molecule has 0 N–H and O–H groups in total. The van der Waals surface area contributed by atoms with Crippen LogP contribution in [0.2, 0.25) is 0 Å². The van der Waals surface area contributed by atoms with Gasteiger partial charge in [0.1, 0.15) is 5.82 Å². The summed E-state index contributed by atoms with van der Waals surface area (Å²) >= 11 is 1.48. The van der Waals surface area contributed by atoms with Crippen molar-refractivity contribution in [3.8, 4) is 0 Å². The van der Waals surface area contributed by atoms with Crippen molar-refractivity contribution >= 4 is 23.4 Å². The molecule has 0 radical (unpaired) electrons. The summed E-state index contributed by atoms with van der Waals surface area (Å²) in [4.78, 5) is 12.6. The van der Waals surface area contributed by atoms with E-state index in [4.69, 9.17) is 0 Å². The molecule has 2 aliphatic rings. The maximum Gasteiger partial charge on any atom is 0.253 e. The average molecular weight is 384 g/mol. The average Bonchev–Trinajstić information content (AvgIpc) is 3.35. The number of carbonyl (C=O) groups excluding carboxylic acids is 1. The van der Waals surface area contributed by atoms with Crippen LogP contribution in [0.5, 0.6) is 0 Å². The van der Waals surface area contributed by atoms with Gasteiger partial charge < -0.3 is 4.57 Å². The van der Waals surface area contributed by atoms with Gasteiger partial charge in [-0.3, -0.25) is 4.79 Å². The molecule has 1 aliphatic heterocycles. The third kappa shape index (κ3) is 4.08. The summed E-state index contributed by atoms with van der Waals surface area (Å²) in [6.45, 7) is 2.66. The van der Waals surface area contributed by atoms with Gasteiger partial charge in [-0.25, -0.2) is 5.01 Å².